The van der Waals surface area contributed by atoms with E-state index in [0.29, 0.717) is 29.6 Å². The highest BCUT2D eigenvalue weighted by Gasteiger charge is 2.38. The molecule has 6 rings (SSSR count). The number of aromatic nitrogens is 2. The Morgan fingerprint density at radius 2 is 1.91 bits per heavy atom. The molecule has 35 heavy (non-hydrogen) atoms. The number of carbonyl (C=O) groups excluding carboxylic acids is 1. The topological polar surface area (TPSA) is 64.4 Å². The van der Waals surface area contributed by atoms with Crippen LogP contribution in [-0.4, -0.2) is 33.5 Å². The van der Waals surface area contributed by atoms with E-state index in [2.05, 4.69) is 18.7 Å². The van der Waals surface area contributed by atoms with Gasteiger partial charge in [0, 0.05) is 23.1 Å². The molecule has 3 aliphatic rings. The summed E-state index contributed by atoms with van der Waals surface area (Å²) in [5.74, 6) is -0.968. The van der Waals surface area contributed by atoms with E-state index in [1.54, 1.807) is 10.6 Å². The maximum absolute atomic E-state index is 15.0. The van der Waals surface area contributed by atoms with Crippen LogP contribution in [0.1, 0.15) is 79.0 Å². The summed E-state index contributed by atoms with van der Waals surface area (Å²) in [7, 11) is 0. The van der Waals surface area contributed by atoms with E-state index in [1.165, 1.54) is 5.56 Å². The van der Waals surface area contributed by atoms with E-state index in [0.717, 1.165) is 59.4 Å². The second kappa shape index (κ2) is 7.98. The van der Waals surface area contributed by atoms with Gasteiger partial charge in [0.2, 0.25) is 0 Å². The zero-order valence-electron chi connectivity index (χ0n) is 20.7. The summed E-state index contributed by atoms with van der Waals surface area (Å²) in [6.45, 7) is 10.4. The first-order valence-electron chi connectivity index (χ1n) is 12.7. The molecule has 0 radical (unpaired) electrons. The Balaban J connectivity index is 1.67. The molecule has 7 heteroatoms. The third-order valence-corrected chi connectivity index (χ3v) is 8.42. The maximum Gasteiger partial charge on any atom is 0.313 e. The molecule has 0 saturated heterocycles. The number of pyridine rings is 2. The molecule has 0 N–H and O–H groups in total. The van der Waals surface area contributed by atoms with Gasteiger partial charge in [-0.3, -0.25) is 14.5 Å². The molecule has 1 aromatic carbocycles. The monoisotopic (exact) mass is 475 g/mol. The molecule has 2 aromatic heterocycles. The fourth-order valence-corrected chi connectivity index (χ4v) is 6.58. The molecular weight excluding hydrogens is 445 g/mol. The number of rotatable bonds is 4. The fraction of sp³-hybridized carbons (Fsp3) is 0.464. The Hall–Kier alpha value is -3.06. The van der Waals surface area contributed by atoms with Crippen molar-refractivity contribution in [3.63, 3.8) is 0 Å². The molecule has 6 nitrogen and oxygen atoms in total. The molecule has 3 aromatic rings. The second-order valence-electron chi connectivity index (χ2n) is 9.91. The van der Waals surface area contributed by atoms with Crippen LogP contribution < -0.4 is 5.56 Å². The van der Waals surface area contributed by atoms with E-state index >= 15 is 0 Å². The standard InChI is InChI=1S/C28H30FN3O3/c1-5-15-17-10-23-26-18(12-32(23)27(33)19(17)13-35-28(15)34)25-22(31(6-2)7-3)9-8-16-14(4)20(29)11-21(30-26)24(16)25/h10-11,15,22H,5-9,12-13H2,1-4H3/t15?,22-/m0/s1. The van der Waals surface area contributed by atoms with Gasteiger partial charge in [0.05, 0.1) is 34.9 Å². The molecule has 182 valence electrons. The van der Waals surface area contributed by atoms with Crippen LogP contribution in [0.15, 0.2) is 16.9 Å². The first-order chi connectivity index (χ1) is 16.9. The van der Waals surface area contributed by atoms with Crippen LogP contribution in [0.25, 0.3) is 22.3 Å². The largest absolute Gasteiger partial charge is 0.460 e. The fourth-order valence-electron chi connectivity index (χ4n) is 6.58. The number of cyclic esters (lactones) is 1. The molecule has 4 heterocycles. The van der Waals surface area contributed by atoms with Crippen LogP contribution >= 0.6 is 0 Å². The van der Waals surface area contributed by atoms with Crippen LogP contribution in [0, 0.1) is 12.7 Å². The van der Waals surface area contributed by atoms with E-state index in [1.807, 2.05) is 19.9 Å². The lowest BCUT2D eigenvalue weighted by Crippen LogP contribution is -2.33. The molecule has 0 amide bonds. The Morgan fingerprint density at radius 1 is 1.14 bits per heavy atom. The summed E-state index contributed by atoms with van der Waals surface area (Å²) >= 11 is 0. The van der Waals surface area contributed by atoms with Crippen molar-refractivity contribution in [2.75, 3.05) is 13.1 Å². The first kappa shape index (κ1) is 22.4. The van der Waals surface area contributed by atoms with E-state index in [9.17, 15) is 14.0 Å². The number of hydrogen-bond donors (Lipinski definition) is 0. The van der Waals surface area contributed by atoms with Crippen molar-refractivity contribution in [2.24, 2.45) is 0 Å². The van der Waals surface area contributed by atoms with Crippen molar-refractivity contribution in [2.45, 2.75) is 72.1 Å². The number of fused-ring (bicyclic) bond motifs is 5. The molecular formula is C28H30FN3O3. The van der Waals surface area contributed by atoms with Crippen LogP contribution in [0.2, 0.25) is 0 Å². The third kappa shape index (κ3) is 3.00. The number of hydrogen-bond acceptors (Lipinski definition) is 5. The van der Waals surface area contributed by atoms with Crippen molar-refractivity contribution in [1.29, 1.82) is 0 Å². The number of benzene rings is 1. The highest BCUT2D eigenvalue weighted by atomic mass is 19.1. The Morgan fingerprint density at radius 3 is 2.63 bits per heavy atom. The molecule has 1 aliphatic carbocycles. The number of nitrogens with zero attached hydrogens (tertiary/aromatic N) is 3. The number of carbonyl (C=O) groups is 1. The Bertz CT molecular complexity index is 1470. The van der Waals surface area contributed by atoms with Gasteiger partial charge in [-0.25, -0.2) is 9.37 Å². The zero-order chi connectivity index (χ0) is 24.6. The summed E-state index contributed by atoms with van der Waals surface area (Å²) in [5, 5.41) is 1.06. The van der Waals surface area contributed by atoms with E-state index in [-0.39, 0.29) is 30.0 Å². The third-order valence-electron chi connectivity index (χ3n) is 8.42. The predicted octanol–water partition coefficient (Wildman–Crippen LogP) is 4.75. The molecule has 0 bridgehead atoms. The normalized spacial score (nSPS) is 20.1. The highest BCUT2D eigenvalue weighted by molar-refractivity contribution is 5.93. The van der Waals surface area contributed by atoms with Gasteiger partial charge in [0.1, 0.15) is 12.4 Å². The van der Waals surface area contributed by atoms with Crippen LogP contribution in [0.4, 0.5) is 4.39 Å². The predicted molar refractivity (Wildman–Crippen MR) is 132 cm³/mol. The summed E-state index contributed by atoms with van der Waals surface area (Å²) < 4.78 is 22.1. The van der Waals surface area contributed by atoms with Crippen molar-refractivity contribution >= 4 is 16.9 Å². The van der Waals surface area contributed by atoms with Crippen molar-refractivity contribution in [1.82, 2.24) is 14.5 Å². The number of halogens is 1. The first-order valence-corrected chi connectivity index (χ1v) is 12.7. The van der Waals surface area contributed by atoms with Gasteiger partial charge in [-0.2, -0.15) is 0 Å². The molecule has 2 atom stereocenters. The van der Waals surface area contributed by atoms with E-state index in [4.69, 9.17) is 9.72 Å². The van der Waals surface area contributed by atoms with Crippen LogP contribution in [0.3, 0.4) is 0 Å². The highest BCUT2D eigenvalue weighted by Crippen LogP contribution is 2.47. The average molecular weight is 476 g/mol. The van der Waals surface area contributed by atoms with Crippen LogP contribution in [-0.2, 0) is 29.1 Å². The van der Waals surface area contributed by atoms with Gasteiger partial charge >= 0.3 is 5.97 Å². The maximum atomic E-state index is 15.0. The Labute approximate surface area is 203 Å². The number of esters is 1. The molecule has 0 saturated carbocycles. The van der Waals surface area contributed by atoms with Crippen molar-refractivity contribution in [3.8, 4) is 11.4 Å². The van der Waals surface area contributed by atoms with Crippen molar-refractivity contribution < 1.29 is 13.9 Å². The van der Waals surface area contributed by atoms with E-state index < -0.39 is 5.92 Å². The van der Waals surface area contributed by atoms with Crippen molar-refractivity contribution in [3.05, 3.63) is 61.7 Å². The quantitative estimate of drug-likeness (QED) is 0.399. The van der Waals surface area contributed by atoms with Gasteiger partial charge in [-0.05, 0) is 67.6 Å². The van der Waals surface area contributed by atoms with Gasteiger partial charge < -0.3 is 9.30 Å². The minimum atomic E-state index is -0.449. The van der Waals surface area contributed by atoms with Crippen LogP contribution in [0.5, 0.6) is 0 Å². The summed E-state index contributed by atoms with van der Waals surface area (Å²) in [6, 6.07) is 3.70. The summed E-state index contributed by atoms with van der Waals surface area (Å²) in [5.41, 5.74) is 7.31. The molecule has 0 fully saturated rings. The number of ether oxygens (including phenoxy) is 1. The van der Waals surface area contributed by atoms with Gasteiger partial charge in [0.15, 0.2) is 0 Å². The lowest BCUT2D eigenvalue weighted by atomic mass is 9.81. The second-order valence-corrected chi connectivity index (χ2v) is 9.91. The summed E-state index contributed by atoms with van der Waals surface area (Å²) in [6.07, 6.45) is 2.29. The average Bonchev–Trinajstić information content (AvgIpc) is 3.22. The summed E-state index contributed by atoms with van der Waals surface area (Å²) in [4.78, 5) is 33.5. The SMILES string of the molecule is CCC1C(=O)OCc2c1cc1n(c2=O)Cc2c-1nc1cc(F)c(C)c3c1c2[C@@H](N(CC)CC)CC3. The number of aryl methyl sites for hydroxylation is 1. The minimum absolute atomic E-state index is 0.0129. The molecule has 0 spiro atoms. The lowest BCUT2D eigenvalue weighted by Gasteiger charge is -2.36. The van der Waals surface area contributed by atoms with Gasteiger partial charge in [-0.1, -0.05) is 20.8 Å². The molecule has 1 unspecified atom stereocenters. The smallest absolute Gasteiger partial charge is 0.313 e. The molecule has 2 aliphatic heterocycles. The zero-order valence-corrected chi connectivity index (χ0v) is 20.7. The van der Waals surface area contributed by atoms with Gasteiger partial charge in [0.25, 0.3) is 5.56 Å². The van der Waals surface area contributed by atoms with Gasteiger partial charge in [-0.15, -0.1) is 0 Å². The Kier molecular flexibility index (Phi) is 5.11. The minimum Gasteiger partial charge on any atom is -0.460 e. The lowest BCUT2D eigenvalue weighted by molar-refractivity contribution is -0.148.